The van der Waals surface area contributed by atoms with E-state index in [0.29, 0.717) is 18.7 Å². The summed E-state index contributed by atoms with van der Waals surface area (Å²) in [5, 5.41) is 8.87. The average Bonchev–Trinajstić information content (AvgIpc) is 2.88. The Balaban J connectivity index is 1.17. The van der Waals surface area contributed by atoms with Gasteiger partial charge in [0.05, 0.1) is 6.54 Å². The summed E-state index contributed by atoms with van der Waals surface area (Å²) in [5.41, 5.74) is 2.66. The van der Waals surface area contributed by atoms with E-state index in [1.54, 1.807) is 17.0 Å². The summed E-state index contributed by atoms with van der Waals surface area (Å²) in [6.45, 7) is 1.13. The fourth-order valence-corrected chi connectivity index (χ4v) is 4.75. The molecule has 0 unspecified atom stereocenters. The molecule has 2 aliphatic rings. The molecule has 4 amide bonds. The monoisotopic (exact) mass is 462 g/mol. The lowest BCUT2D eigenvalue weighted by Gasteiger charge is -2.33. The third-order valence-electron chi connectivity index (χ3n) is 6.78. The Hall–Kier alpha value is -3.35. The van der Waals surface area contributed by atoms with Crippen LogP contribution in [0.25, 0.3) is 11.1 Å². The maximum Gasteiger partial charge on any atom is 0.315 e. The first-order chi connectivity index (χ1) is 16.6. The lowest BCUT2D eigenvalue weighted by molar-refractivity contribution is -0.131. The second-order valence-electron chi connectivity index (χ2n) is 9.23. The van der Waals surface area contributed by atoms with Crippen LogP contribution in [0.1, 0.15) is 55.3 Å². The molecule has 0 atom stereocenters. The van der Waals surface area contributed by atoms with Gasteiger partial charge in [0.15, 0.2) is 0 Å². The number of rotatable bonds is 6. The maximum absolute atomic E-state index is 12.6. The molecule has 34 heavy (non-hydrogen) atoms. The van der Waals surface area contributed by atoms with Crippen molar-refractivity contribution in [3.05, 3.63) is 60.2 Å². The van der Waals surface area contributed by atoms with Crippen molar-refractivity contribution in [2.75, 3.05) is 19.6 Å². The van der Waals surface area contributed by atoms with E-state index in [2.05, 4.69) is 16.0 Å². The van der Waals surface area contributed by atoms with E-state index in [4.69, 9.17) is 0 Å². The summed E-state index contributed by atoms with van der Waals surface area (Å²) in [4.78, 5) is 39.1. The SMILES string of the molecule is O=C(NC1CCCCC1)NC1CCN(C(=O)CNC(=O)c2ccc(-c3ccccc3)cc2)CC1. The molecule has 7 heteroatoms. The Kier molecular flexibility index (Phi) is 8.17. The van der Waals surface area contributed by atoms with Gasteiger partial charge in [-0.15, -0.1) is 0 Å². The van der Waals surface area contributed by atoms with Crippen LogP contribution in [0.5, 0.6) is 0 Å². The normalized spacial score (nSPS) is 17.1. The fraction of sp³-hybridized carbons (Fsp3) is 0.444. The van der Waals surface area contributed by atoms with Gasteiger partial charge in [0.1, 0.15) is 0 Å². The van der Waals surface area contributed by atoms with Gasteiger partial charge in [0, 0.05) is 30.7 Å². The van der Waals surface area contributed by atoms with Crippen LogP contribution in [-0.2, 0) is 4.79 Å². The third-order valence-corrected chi connectivity index (χ3v) is 6.78. The molecule has 0 aromatic heterocycles. The maximum atomic E-state index is 12.6. The highest BCUT2D eigenvalue weighted by atomic mass is 16.2. The number of carbonyl (C=O) groups is 3. The highest BCUT2D eigenvalue weighted by Crippen LogP contribution is 2.19. The van der Waals surface area contributed by atoms with Crippen molar-refractivity contribution in [2.45, 2.75) is 57.0 Å². The smallest absolute Gasteiger partial charge is 0.315 e. The first-order valence-corrected chi connectivity index (χ1v) is 12.4. The quantitative estimate of drug-likeness (QED) is 0.611. The van der Waals surface area contributed by atoms with Gasteiger partial charge >= 0.3 is 6.03 Å². The summed E-state index contributed by atoms with van der Waals surface area (Å²) >= 11 is 0. The van der Waals surface area contributed by atoms with E-state index in [9.17, 15) is 14.4 Å². The van der Waals surface area contributed by atoms with Gasteiger partial charge in [-0.1, -0.05) is 61.7 Å². The molecule has 1 aliphatic heterocycles. The molecule has 2 aromatic carbocycles. The van der Waals surface area contributed by atoms with Crippen molar-refractivity contribution in [1.82, 2.24) is 20.9 Å². The molecule has 1 heterocycles. The highest BCUT2D eigenvalue weighted by molar-refractivity contribution is 5.96. The Bertz CT molecular complexity index is 963. The molecule has 1 aliphatic carbocycles. The van der Waals surface area contributed by atoms with Crippen LogP contribution in [-0.4, -0.2) is 54.5 Å². The minimum absolute atomic E-state index is 0.0282. The second kappa shape index (κ2) is 11.7. The van der Waals surface area contributed by atoms with Gasteiger partial charge in [-0.2, -0.15) is 0 Å². The van der Waals surface area contributed by atoms with E-state index in [1.165, 1.54) is 19.3 Å². The zero-order valence-electron chi connectivity index (χ0n) is 19.6. The number of hydrogen-bond donors (Lipinski definition) is 3. The fourth-order valence-electron chi connectivity index (χ4n) is 4.75. The zero-order valence-corrected chi connectivity index (χ0v) is 19.6. The molecule has 0 radical (unpaired) electrons. The van der Waals surface area contributed by atoms with Crippen molar-refractivity contribution in [2.24, 2.45) is 0 Å². The van der Waals surface area contributed by atoms with Gasteiger partial charge in [0.2, 0.25) is 5.91 Å². The number of piperidine rings is 1. The first-order valence-electron chi connectivity index (χ1n) is 12.4. The minimum atomic E-state index is -0.260. The Morgan fingerprint density at radius 1 is 0.735 bits per heavy atom. The number of nitrogens with one attached hydrogen (secondary N) is 3. The van der Waals surface area contributed by atoms with Crippen LogP contribution < -0.4 is 16.0 Å². The Morgan fingerprint density at radius 2 is 1.32 bits per heavy atom. The molecule has 0 bridgehead atoms. The van der Waals surface area contributed by atoms with Crippen LogP contribution in [0.4, 0.5) is 4.79 Å². The van der Waals surface area contributed by atoms with Crippen LogP contribution in [0.2, 0.25) is 0 Å². The van der Waals surface area contributed by atoms with Gasteiger partial charge in [0.25, 0.3) is 5.91 Å². The van der Waals surface area contributed by atoms with E-state index in [-0.39, 0.29) is 36.5 Å². The van der Waals surface area contributed by atoms with Crippen LogP contribution >= 0.6 is 0 Å². The number of likely N-dealkylation sites (tertiary alicyclic amines) is 1. The predicted octanol–water partition coefficient (Wildman–Crippen LogP) is 3.71. The minimum Gasteiger partial charge on any atom is -0.343 e. The molecule has 4 rings (SSSR count). The number of hydrogen-bond acceptors (Lipinski definition) is 3. The van der Waals surface area contributed by atoms with Crippen molar-refractivity contribution >= 4 is 17.8 Å². The zero-order chi connectivity index (χ0) is 23.8. The largest absolute Gasteiger partial charge is 0.343 e. The Morgan fingerprint density at radius 3 is 1.97 bits per heavy atom. The Labute approximate surface area is 201 Å². The molecule has 2 aromatic rings. The molecule has 180 valence electrons. The van der Waals surface area contributed by atoms with Crippen LogP contribution in [0, 0.1) is 0 Å². The number of benzene rings is 2. The van der Waals surface area contributed by atoms with Crippen molar-refractivity contribution in [3.8, 4) is 11.1 Å². The standard InChI is InChI=1S/C27H34N4O3/c32-25(19-28-26(33)22-13-11-21(12-14-22)20-7-3-1-4-8-20)31-17-15-24(16-18-31)30-27(34)29-23-9-5-2-6-10-23/h1,3-4,7-8,11-14,23-24H,2,5-6,9-10,15-19H2,(H,28,33)(H2,29,30,34). The molecule has 0 spiro atoms. The van der Waals surface area contributed by atoms with E-state index in [0.717, 1.165) is 36.8 Å². The lowest BCUT2D eigenvalue weighted by atomic mass is 9.96. The molecule has 3 N–H and O–H groups in total. The number of carbonyl (C=O) groups excluding carboxylic acids is 3. The second-order valence-corrected chi connectivity index (χ2v) is 9.23. The summed E-state index contributed by atoms with van der Waals surface area (Å²) < 4.78 is 0. The summed E-state index contributed by atoms with van der Waals surface area (Å²) in [5.74, 6) is -0.358. The lowest BCUT2D eigenvalue weighted by Crippen LogP contribution is -2.52. The van der Waals surface area contributed by atoms with Gasteiger partial charge in [-0.3, -0.25) is 9.59 Å². The van der Waals surface area contributed by atoms with Crippen LogP contribution in [0.15, 0.2) is 54.6 Å². The third kappa shape index (κ3) is 6.59. The summed E-state index contributed by atoms with van der Waals surface area (Å²) in [7, 11) is 0. The first kappa shape index (κ1) is 23.8. The molecular weight excluding hydrogens is 428 g/mol. The topological polar surface area (TPSA) is 90.5 Å². The number of nitrogens with zero attached hydrogens (tertiary/aromatic N) is 1. The van der Waals surface area contributed by atoms with Crippen molar-refractivity contribution in [1.29, 1.82) is 0 Å². The highest BCUT2D eigenvalue weighted by Gasteiger charge is 2.25. The van der Waals surface area contributed by atoms with Gasteiger partial charge in [-0.25, -0.2) is 4.79 Å². The van der Waals surface area contributed by atoms with Gasteiger partial charge < -0.3 is 20.9 Å². The average molecular weight is 463 g/mol. The van der Waals surface area contributed by atoms with Gasteiger partial charge in [-0.05, 0) is 48.9 Å². The van der Waals surface area contributed by atoms with Crippen LogP contribution in [0.3, 0.4) is 0 Å². The molecule has 2 fully saturated rings. The number of amides is 4. The van der Waals surface area contributed by atoms with Crippen molar-refractivity contribution in [3.63, 3.8) is 0 Å². The summed E-state index contributed by atoms with van der Waals surface area (Å²) in [6, 6.07) is 17.6. The van der Waals surface area contributed by atoms with E-state index in [1.807, 2.05) is 42.5 Å². The molecule has 1 saturated heterocycles. The predicted molar refractivity (Wildman–Crippen MR) is 132 cm³/mol. The molecule has 7 nitrogen and oxygen atoms in total. The van der Waals surface area contributed by atoms with E-state index < -0.39 is 0 Å². The summed E-state index contributed by atoms with van der Waals surface area (Å²) in [6.07, 6.45) is 7.18. The van der Waals surface area contributed by atoms with Crippen molar-refractivity contribution < 1.29 is 14.4 Å². The molecule has 1 saturated carbocycles. The molecular formula is C27H34N4O3. The van der Waals surface area contributed by atoms with E-state index >= 15 is 0 Å². The number of urea groups is 1.